The van der Waals surface area contributed by atoms with Crippen LogP contribution in [-0.2, 0) is 34.3 Å². The second kappa shape index (κ2) is 6.30. The van der Waals surface area contributed by atoms with Crippen LogP contribution in [0.2, 0.25) is 0 Å². The van der Waals surface area contributed by atoms with Crippen LogP contribution in [0, 0.1) is 0 Å². The van der Waals surface area contributed by atoms with Crippen LogP contribution < -0.4 is 0 Å². The van der Waals surface area contributed by atoms with Gasteiger partial charge in [0.25, 0.3) is 11.7 Å². The Balaban J connectivity index is 1.87. The summed E-state index contributed by atoms with van der Waals surface area (Å²) < 4.78 is 11.0. The Morgan fingerprint density at radius 1 is 1.04 bits per heavy atom. The molecule has 1 fully saturated rings. The lowest BCUT2D eigenvalue weighted by Crippen LogP contribution is -2.34. The number of esters is 1. The third kappa shape index (κ3) is 2.58. The molecule has 2 amide bonds. The van der Waals surface area contributed by atoms with Crippen LogP contribution in [0.5, 0.6) is 0 Å². The summed E-state index contributed by atoms with van der Waals surface area (Å²) in [4.78, 5) is 50.1. The van der Waals surface area contributed by atoms with Crippen LogP contribution in [0.25, 0.3) is 10.8 Å². The molecule has 0 spiro atoms. The molecule has 0 N–H and O–H groups in total. The van der Waals surface area contributed by atoms with Gasteiger partial charge >= 0.3 is 5.97 Å². The highest BCUT2D eigenvalue weighted by Gasteiger charge is 2.53. The number of carbonyl (C=O) groups excluding carboxylic acids is 4. The number of likely N-dealkylation sites (tertiary alicyclic amines) is 1. The Bertz CT molecular complexity index is 1060. The van der Waals surface area contributed by atoms with E-state index < -0.39 is 34.9 Å². The average Bonchev–Trinajstić information content (AvgIpc) is 3.12. The first-order chi connectivity index (χ1) is 13.3. The molecular weight excluding hydrogens is 362 g/mol. The summed E-state index contributed by atoms with van der Waals surface area (Å²) in [6.45, 7) is 2.68. The minimum absolute atomic E-state index is 0.0121. The van der Waals surface area contributed by atoms with Crippen molar-refractivity contribution in [2.24, 2.45) is 0 Å². The third-order valence-electron chi connectivity index (χ3n) is 4.94. The molecule has 1 atom stereocenters. The molecule has 0 aliphatic carbocycles. The first kappa shape index (κ1) is 17.9. The number of hydrogen-bond acceptors (Lipinski definition) is 6. The zero-order valence-corrected chi connectivity index (χ0v) is 15.4. The molecule has 4 rings (SSSR count). The van der Waals surface area contributed by atoms with Crippen LogP contribution in [0.3, 0.4) is 0 Å². The summed E-state index contributed by atoms with van der Waals surface area (Å²) >= 11 is 0. The van der Waals surface area contributed by atoms with Gasteiger partial charge in [0.15, 0.2) is 5.60 Å². The molecule has 0 bridgehead atoms. The molecule has 0 saturated carbocycles. The van der Waals surface area contributed by atoms with Crippen LogP contribution in [0.15, 0.2) is 54.1 Å². The van der Waals surface area contributed by atoms with Gasteiger partial charge in [-0.3, -0.25) is 19.2 Å². The molecule has 7 heteroatoms. The lowest BCUT2D eigenvalue weighted by Gasteiger charge is -2.26. The molecule has 2 aromatic rings. The first-order valence-corrected chi connectivity index (χ1v) is 8.83. The summed E-state index contributed by atoms with van der Waals surface area (Å²) in [6, 6.07) is 12.9. The number of rotatable bonds is 3. The second-order valence-corrected chi connectivity index (χ2v) is 6.84. The van der Waals surface area contributed by atoms with Crippen molar-refractivity contribution in [1.82, 2.24) is 4.90 Å². The highest BCUT2D eigenvalue weighted by molar-refractivity contribution is 6.10. The molecule has 1 saturated heterocycles. The Kier molecular flexibility index (Phi) is 4.03. The van der Waals surface area contributed by atoms with Crippen molar-refractivity contribution < 1.29 is 28.7 Å². The summed E-state index contributed by atoms with van der Waals surface area (Å²) in [5, 5.41) is 1.68. The zero-order valence-electron chi connectivity index (χ0n) is 15.4. The van der Waals surface area contributed by atoms with Gasteiger partial charge in [-0.25, -0.2) is 4.90 Å². The van der Waals surface area contributed by atoms with Gasteiger partial charge in [0.1, 0.15) is 0 Å². The fourth-order valence-electron chi connectivity index (χ4n) is 3.60. The zero-order chi connectivity index (χ0) is 20.1. The summed E-state index contributed by atoms with van der Waals surface area (Å²) in [5.41, 5.74) is -1.00. The van der Waals surface area contributed by atoms with Crippen LogP contribution in [0.4, 0.5) is 0 Å². The standard InChI is InChI=1S/C21H17NO6/c1-12(23)27-18-19(26)21(2,28-20(18)22-16(24)10-11-17(22)25)15-9-5-7-13-6-3-4-8-14(13)15/h3-9H,10-11H2,1-2H3. The lowest BCUT2D eigenvalue weighted by molar-refractivity contribution is -0.144. The monoisotopic (exact) mass is 379 g/mol. The second-order valence-electron chi connectivity index (χ2n) is 6.84. The number of imide groups is 1. The first-order valence-electron chi connectivity index (χ1n) is 8.83. The predicted octanol–water partition coefficient (Wildman–Crippen LogP) is 2.54. The Hall–Kier alpha value is -3.48. The van der Waals surface area contributed by atoms with Crippen molar-refractivity contribution in [3.8, 4) is 0 Å². The predicted molar refractivity (Wildman–Crippen MR) is 97.3 cm³/mol. The highest BCUT2D eigenvalue weighted by atomic mass is 16.6. The average molecular weight is 379 g/mol. The van der Waals surface area contributed by atoms with E-state index >= 15 is 0 Å². The molecule has 2 aliphatic heterocycles. The van der Waals surface area contributed by atoms with Gasteiger partial charge in [-0.05, 0) is 17.7 Å². The number of ketones is 1. The SMILES string of the molecule is CC(=O)OC1=C(N2C(=O)CCC2=O)OC(C)(c2cccc3ccccc23)C1=O. The van der Waals surface area contributed by atoms with Gasteiger partial charge in [0, 0.05) is 25.3 Å². The van der Waals surface area contributed by atoms with Gasteiger partial charge in [0.2, 0.25) is 17.6 Å². The van der Waals surface area contributed by atoms with Crippen molar-refractivity contribution in [3.63, 3.8) is 0 Å². The Labute approximate surface area is 160 Å². The molecular formula is C21H17NO6. The molecule has 2 aliphatic rings. The fraction of sp³-hybridized carbons (Fsp3) is 0.238. The van der Waals surface area contributed by atoms with Crippen LogP contribution in [-0.4, -0.2) is 28.5 Å². The molecule has 1 unspecified atom stereocenters. The van der Waals surface area contributed by atoms with Crippen LogP contribution in [0.1, 0.15) is 32.3 Å². The van der Waals surface area contributed by atoms with Crippen molar-refractivity contribution in [2.45, 2.75) is 32.3 Å². The minimum Gasteiger partial charge on any atom is -0.456 e. The Morgan fingerprint density at radius 2 is 1.68 bits per heavy atom. The normalized spacial score (nSPS) is 22.2. The maximum atomic E-state index is 13.3. The van der Waals surface area contributed by atoms with Gasteiger partial charge in [-0.2, -0.15) is 0 Å². The molecule has 142 valence electrons. The molecule has 2 aromatic carbocycles. The van der Waals surface area contributed by atoms with Gasteiger partial charge in [0.05, 0.1) is 0 Å². The number of benzene rings is 2. The Morgan fingerprint density at radius 3 is 2.36 bits per heavy atom. The number of amides is 2. The largest absolute Gasteiger partial charge is 0.456 e. The van der Waals surface area contributed by atoms with E-state index in [1.54, 1.807) is 19.1 Å². The number of fused-ring (bicyclic) bond motifs is 1. The number of nitrogens with zero attached hydrogens (tertiary/aromatic N) is 1. The molecule has 0 aromatic heterocycles. The maximum Gasteiger partial charge on any atom is 0.308 e. The van der Waals surface area contributed by atoms with Gasteiger partial charge < -0.3 is 9.47 Å². The van der Waals surface area contributed by atoms with Crippen molar-refractivity contribution in [2.75, 3.05) is 0 Å². The third-order valence-corrected chi connectivity index (χ3v) is 4.94. The van der Waals surface area contributed by atoms with E-state index in [1.807, 2.05) is 30.3 Å². The van der Waals surface area contributed by atoms with E-state index in [0.717, 1.165) is 22.6 Å². The van der Waals surface area contributed by atoms with E-state index in [9.17, 15) is 19.2 Å². The van der Waals surface area contributed by atoms with Crippen molar-refractivity contribution >= 4 is 34.3 Å². The quantitative estimate of drug-likeness (QED) is 0.601. The maximum absolute atomic E-state index is 13.3. The van der Waals surface area contributed by atoms with E-state index in [0.29, 0.717) is 5.56 Å². The topological polar surface area (TPSA) is 90.0 Å². The lowest BCUT2D eigenvalue weighted by atomic mass is 9.87. The van der Waals surface area contributed by atoms with Crippen LogP contribution >= 0.6 is 0 Å². The van der Waals surface area contributed by atoms with Gasteiger partial charge in [-0.1, -0.05) is 42.5 Å². The van der Waals surface area contributed by atoms with Gasteiger partial charge in [-0.15, -0.1) is 0 Å². The smallest absolute Gasteiger partial charge is 0.308 e. The summed E-state index contributed by atoms with van der Waals surface area (Å²) in [7, 11) is 0. The van der Waals surface area contributed by atoms with Crippen molar-refractivity contribution in [1.29, 1.82) is 0 Å². The van der Waals surface area contributed by atoms with E-state index in [4.69, 9.17) is 9.47 Å². The number of ether oxygens (including phenoxy) is 2. The summed E-state index contributed by atoms with van der Waals surface area (Å²) in [6.07, 6.45) is 0.0242. The van der Waals surface area contributed by atoms with Crippen molar-refractivity contribution in [3.05, 3.63) is 59.7 Å². The number of Topliss-reactive ketones (excluding diaryl/α,β-unsaturated/α-hetero) is 1. The minimum atomic E-state index is -1.55. The van der Waals surface area contributed by atoms with E-state index in [-0.39, 0.29) is 18.7 Å². The molecule has 2 heterocycles. The van der Waals surface area contributed by atoms with E-state index in [2.05, 4.69) is 0 Å². The number of hydrogen-bond donors (Lipinski definition) is 0. The number of carbonyl (C=O) groups is 4. The highest BCUT2D eigenvalue weighted by Crippen LogP contribution is 2.43. The van der Waals surface area contributed by atoms with E-state index in [1.165, 1.54) is 0 Å². The molecule has 28 heavy (non-hydrogen) atoms. The molecule has 0 radical (unpaired) electrons. The summed E-state index contributed by atoms with van der Waals surface area (Å²) in [5.74, 6) is -3.11. The molecule has 7 nitrogen and oxygen atoms in total. The fourth-order valence-corrected chi connectivity index (χ4v) is 3.60.